The second-order valence-corrected chi connectivity index (χ2v) is 5.60. The molecular formula is C14H21ClN2O. The van der Waals surface area contributed by atoms with Gasteiger partial charge in [0.25, 0.3) is 0 Å². The highest BCUT2D eigenvalue weighted by molar-refractivity contribution is 6.17. The third-order valence-corrected chi connectivity index (χ3v) is 3.88. The molecule has 1 aromatic heterocycles. The van der Waals surface area contributed by atoms with E-state index in [-0.39, 0.29) is 0 Å². The molecule has 1 saturated carbocycles. The van der Waals surface area contributed by atoms with Crippen LogP contribution < -0.4 is 4.74 Å². The van der Waals surface area contributed by atoms with Crippen molar-refractivity contribution in [3.8, 4) is 5.88 Å². The Morgan fingerprint density at radius 2 is 2.28 bits per heavy atom. The van der Waals surface area contributed by atoms with Crippen molar-refractivity contribution < 1.29 is 4.74 Å². The first-order chi connectivity index (χ1) is 8.69. The molecule has 100 valence electrons. The molecule has 0 aliphatic heterocycles. The van der Waals surface area contributed by atoms with Crippen LogP contribution in [-0.2, 0) is 5.88 Å². The number of alkyl halides is 1. The Balaban J connectivity index is 1.94. The summed E-state index contributed by atoms with van der Waals surface area (Å²) in [7, 11) is 0. The number of hydrogen-bond donors (Lipinski definition) is 0. The average molecular weight is 269 g/mol. The van der Waals surface area contributed by atoms with Gasteiger partial charge < -0.3 is 4.74 Å². The SMILES string of the molecule is Cc1ncc(CCl)c(OCC2CCCC(C)C2)n1. The summed E-state index contributed by atoms with van der Waals surface area (Å²) in [5, 5.41) is 0. The van der Waals surface area contributed by atoms with Crippen LogP contribution in [0.3, 0.4) is 0 Å². The van der Waals surface area contributed by atoms with E-state index in [0.29, 0.717) is 17.7 Å². The summed E-state index contributed by atoms with van der Waals surface area (Å²) in [4.78, 5) is 8.47. The molecule has 1 fully saturated rings. The van der Waals surface area contributed by atoms with Crippen LogP contribution in [0.4, 0.5) is 0 Å². The Hall–Kier alpha value is -0.830. The highest BCUT2D eigenvalue weighted by Gasteiger charge is 2.20. The van der Waals surface area contributed by atoms with E-state index in [1.807, 2.05) is 6.92 Å². The monoisotopic (exact) mass is 268 g/mol. The summed E-state index contributed by atoms with van der Waals surface area (Å²) < 4.78 is 5.86. The molecule has 2 atom stereocenters. The van der Waals surface area contributed by atoms with E-state index >= 15 is 0 Å². The third-order valence-electron chi connectivity index (χ3n) is 3.59. The number of rotatable bonds is 4. The van der Waals surface area contributed by atoms with Crippen molar-refractivity contribution in [2.75, 3.05) is 6.61 Å². The number of hydrogen-bond acceptors (Lipinski definition) is 3. The summed E-state index contributed by atoms with van der Waals surface area (Å²) >= 11 is 5.87. The van der Waals surface area contributed by atoms with E-state index in [4.69, 9.17) is 16.3 Å². The van der Waals surface area contributed by atoms with Crippen molar-refractivity contribution in [2.45, 2.75) is 45.4 Å². The molecule has 0 radical (unpaired) electrons. The molecule has 0 N–H and O–H groups in total. The largest absolute Gasteiger partial charge is 0.477 e. The minimum atomic E-state index is 0.399. The van der Waals surface area contributed by atoms with Gasteiger partial charge >= 0.3 is 0 Å². The molecule has 18 heavy (non-hydrogen) atoms. The van der Waals surface area contributed by atoms with Crippen LogP contribution in [0.15, 0.2) is 6.20 Å². The van der Waals surface area contributed by atoms with Crippen LogP contribution in [0, 0.1) is 18.8 Å². The Labute approximate surface area is 114 Å². The summed E-state index contributed by atoms with van der Waals surface area (Å²) in [6, 6.07) is 0. The first kappa shape index (κ1) is 13.6. The lowest BCUT2D eigenvalue weighted by molar-refractivity contribution is 0.176. The van der Waals surface area contributed by atoms with Gasteiger partial charge in [-0.3, -0.25) is 0 Å². The lowest BCUT2D eigenvalue weighted by atomic mass is 9.83. The molecule has 0 aromatic carbocycles. The Morgan fingerprint density at radius 1 is 1.44 bits per heavy atom. The summed E-state index contributed by atoms with van der Waals surface area (Å²) in [5.74, 6) is 3.28. The van der Waals surface area contributed by atoms with Gasteiger partial charge in [0.1, 0.15) is 5.82 Å². The molecule has 1 heterocycles. The van der Waals surface area contributed by atoms with Gasteiger partial charge in [-0.15, -0.1) is 11.6 Å². The topological polar surface area (TPSA) is 35.0 Å². The van der Waals surface area contributed by atoms with Gasteiger partial charge in [0, 0.05) is 11.8 Å². The molecule has 2 rings (SSSR count). The molecule has 0 saturated heterocycles. The van der Waals surface area contributed by atoms with Crippen molar-refractivity contribution in [3.05, 3.63) is 17.6 Å². The van der Waals surface area contributed by atoms with Crippen molar-refractivity contribution in [3.63, 3.8) is 0 Å². The molecule has 2 unspecified atom stereocenters. The molecule has 1 aromatic rings. The van der Waals surface area contributed by atoms with E-state index in [0.717, 1.165) is 23.9 Å². The number of aryl methyl sites for hydroxylation is 1. The van der Waals surface area contributed by atoms with Gasteiger partial charge in [0.05, 0.1) is 12.5 Å². The van der Waals surface area contributed by atoms with Crippen molar-refractivity contribution in [1.29, 1.82) is 0 Å². The minimum absolute atomic E-state index is 0.399. The van der Waals surface area contributed by atoms with Gasteiger partial charge in [-0.1, -0.05) is 19.8 Å². The van der Waals surface area contributed by atoms with E-state index in [1.165, 1.54) is 25.7 Å². The first-order valence-electron chi connectivity index (χ1n) is 6.70. The molecule has 1 aliphatic rings. The van der Waals surface area contributed by atoms with Crippen molar-refractivity contribution in [2.24, 2.45) is 11.8 Å². The first-order valence-corrected chi connectivity index (χ1v) is 7.23. The normalized spacial score (nSPS) is 23.9. The van der Waals surface area contributed by atoms with Crippen LogP contribution in [0.2, 0.25) is 0 Å². The second kappa shape index (κ2) is 6.37. The van der Waals surface area contributed by atoms with Gasteiger partial charge in [-0.2, -0.15) is 4.98 Å². The molecule has 4 heteroatoms. The molecule has 3 nitrogen and oxygen atoms in total. The fourth-order valence-electron chi connectivity index (χ4n) is 2.60. The molecule has 0 bridgehead atoms. The van der Waals surface area contributed by atoms with E-state index in [9.17, 15) is 0 Å². The maximum absolute atomic E-state index is 5.87. The maximum Gasteiger partial charge on any atom is 0.221 e. The highest BCUT2D eigenvalue weighted by Crippen LogP contribution is 2.29. The summed E-state index contributed by atoms with van der Waals surface area (Å²) in [6.45, 7) is 4.95. The molecule has 0 spiro atoms. The Bertz CT molecular complexity index is 397. The van der Waals surface area contributed by atoms with Gasteiger partial charge in [-0.05, 0) is 31.6 Å². The third kappa shape index (κ3) is 3.58. The van der Waals surface area contributed by atoms with Gasteiger partial charge in [0.15, 0.2) is 0 Å². The number of nitrogens with zero attached hydrogens (tertiary/aromatic N) is 2. The lowest BCUT2D eigenvalue weighted by Crippen LogP contribution is -2.20. The van der Waals surface area contributed by atoms with Crippen LogP contribution in [0.5, 0.6) is 5.88 Å². The predicted octanol–water partition coefficient (Wildman–Crippen LogP) is 3.73. The fourth-order valence-corrected chi connectivity index (χ4v) is 2.78. The predicted molar refractivity (Wildman–Crippen MR) is 72.9 cm³/mol. The van der Waals surface area contributed by atoms with Crippen molar-refractivity contribution >= 4 is 11.6 Å². The second-order valence-electron chi connectivity index (χ2n) is 5.33. The molecular weight excluding hydrogens is 248 g/mol. The van der Waals surface area contributed by atoms with Gasteiger partial charge in [-0.25, -0.2) is 4.98 Å². The summed E-state index contributed by atoms with van der Waals surface area (Å²) in [6.07, 6.45) is 6.97. The number of ether oxygens (including phenoxy) is 1. The molecule has 0 amide bonds. The maximum atomic E-state index is 5.87. The summed E-state index contributed by atoms with van der Waals surface area (Å²) in [5.41, 5.74) is 0.881. The molecule has 1 aliphatic carbocycles. The van der Waals surface area contributed by atoms with E-state index < -0.39 is 0 Å². The highest BCUT2D eigenvalue weighted by atomic mass is 35.5. The van der Waals surface area contributed by atoms with E-state index in [1.54, 1.807) is 6.20 Å². The quantitative estimate of drug-likeness (QED) is 0.781. The smallest absolute Gasteiger partial charge is 0.221 e. The van der Waals surface area contributed by atoms with Crippen LogP contribution in [-0.4, -0.2) is 16.6 Å². The zero-order chi connectivity index (χ0) is 13.0. The number of halogens is 1. The average Bonchev–Trinajstić information content (AvgIpc) is 2.37. The van der Waals surface area contributed by atoms with Crippen LogP contribution in [0.1, 0.15) is 44.0 Å². The fraction of sp³-hybridized carbons (Fsp3) is 0.714. The lowest BCUT2D eigenvalue weighted by Gasteiger charge is -2.26. The zero-order valence-corrected chi connectivity index (χ0v) is 11.9. The van der Waals surface area contributed by atoms with Gasteiger partial charge in [0.2, 0.25) is 5.88 Å². The Kier molecular flexibility index (Phi) is 4.81. The standard InChI is InChI=1S/C14H21ClN2O/c1-10-4-3-5-12(6-10)9-18-14-13(7-15)8-16-11(2)17-14/h8,10,12H,3-7,9H2,1-2H3. The minimum Gasteiger partial charge on any atom is -0.477 e. The van der Waals surface area contributed by atoms with Crippen LogP contribution >= 0.6 is 11.6 Å². The van der Waals surface area contributed by atoms with E-state index in [2.05, 4.69) is 16.9 Å². The Morgan fingerprint density at radius 3 is 3.00 bits per heavy atom. The zero-order valence-electron chi connectivity index (χ0n) is 11.2. The van der Waals surface area contributed by atoms with Crippen LogP contribution in [0.25, 0.3) is 0 Å². The van der Waals surface area contributed by atoms with Crippen molar-refractivity contribution in [1.82, 2.24) is 9.97 Å². The number of aromatic nitrogens is 2.